The van der Waals surface area contributed by atoms with Crippen LogP contribution in [0.3, 0.4) is 0 Å². The molecule has 0 radical (unpaired) electrons. The third-order valence-electron chi connectivity index (χ3n) is 2.97. The van der Waals surface area contributed by atoms with E-state index in [1.54, 1.807) is 4.90 Å². The van der Waals surface area contributed by atoms with E-state index in [1.165, 1.54) is 0 Å². The van der Waals surface area contributed by atoms with Crippen LogP contribution in [0.2, 0.25) is 0 Å². The van der Waals surface area contributed by atoms with Gasteiger partial charge in [-0.15, -0.1) is 0 Å². The lowest BCUT2D eigenvalue weighted by Crippen LogP contribution is -2.41. The van der Waals surface area contributed by atoms with E-state index in [9.17, 15) is 4.79 Å². The minimum absolute atomic E-state index is 0.0255. The molecule has 1 heterocycles. The summed E-state index contributed by atoms with van der Waals surface area (Å²) in [6.07, 6.45) is 3.71. The second kappa shape index (κ2) is 6.86. The van der Waals surface area contributed by atoms with Crippen LogP contribution in [-0.4, -0.2) is 47.8 Å². The number of amides is 1. The Morgan fingerprint density at radius 3 is 2.69 bits per heavy atom. The Balaban J connectivity index is 2.45. The van der Waals surface area contributed by atoms with Crippen molar-refractivity contribution in [3.8, 4) is 0 Å². The lowest BCUT2D eigenvalue weighted by molar-refractivity contribution is -0.143. The number of nitrogens with zero attached hydrogens (tertiary/aromatic N) is 1. The van der Waals surface area contributed by atoms with E-state index in [1.807, 2.05) is 6.92 Å². The first-order valence-electron chi connectivity index (χ1n) is 6.24. The third-order valence-corrected chi connectivity index (χ3v) is 2.97. The molecule has 0 aromatic rings. The SMILES string of the molecule is CCCCN(CCO)C(=O)C1CCC(C)O1. The summed E-state index contributed by atoms with van der Waals surface area (Å²) < 4.78 is 5.56. The number of aliphatic hydroxyl groups excluding tert-OH is 1. The van der Waals surface area contributed by atoms with Crippen molar-refractivity contribution in [2.45, 2.75) is 51.7 Å². The van der Waals surface area contributed by atoms with Crippen molar-refractivity contribution in [3.63, 3.8) is 0 Å². The summed E-state index contributed by atoms with van der Waals surface area (Å²) in [6.45, 7) is 5.26. The first-order chi connectivity index (χ1) is 7.69. The molecule has 1 N–H and O–H groups in total. The van der Waals surface area contributed by atoms with Crippen molar-refractivity contribution in [2.75, 3.05) is 19.7 Å². The zero-order valence-corrected chi connectivity index (χ0v) is 10.3. The van der Waals surface area contributed by atoms with E-state index < -0.39 is 0 Å². The van der Waals surface area contributed by atoms with Crippen molar-refractivity contribution in [1.29, 1.82) is 0 Å². The number of carbonyl (C=O) groups excluding carboxylic acids is 1. The maximum absolute atomic E-state index is 12.1. The third kappa shape index (κ3) is 3.76. The first-order valence-corrected chi connectivity index (χ1v) is 6.24. The molecular formula is C12H23NO3. The van der Waals surface area contributed by atoms with Gasteiger partial charge in [0.25, 0.3) is 5.91 Å². The van der Waals surface area contributed by atoms with Crippen molar-refractivity contribution in [2.24, 2.45) is 0 Å². The quantitative estimate of drug-likeness (QED) is 0.744. The van der Waals surface area contributed by atoms with Gasteiger partial charge in [0.05, 0.1) is 12.7 Å². The molecule has 0 aromatic carbocycles. The predicted octanol–water partition coefficient (Wildman–Crippen LogP) is 1.17. The number of ether oxygens (including phenoxy) is 1. The van der Waals surface area contributed by atoms with E-state index in [0.29, 0.717) is 6.54 Å². The minimum atomic E-state index is -0.279. The van der Waals surface area contributed by atoms with Crippen LogP contribution in [0.15, 0.2) is 0 Å². The highest BCUT2D eigenvalue weighted by molar-refractivity contribution is 5.81. The minimum Gasteiger partial charge on any atom is -0.395 e. The topological polar surface area (TPSA) is 49.8 Å². The summed E-state index contributed by atoms with van der Waals surface area (Å²) in [5.74, 6) is 0.0480. The number of hydrogen-bond donors (Lipinski definition) is 1. The molecular weight excluding hydrogens is 206 g/mol. The van der Waals surface area contributed by atoms with Gasteiger partial charge in [-0.3, -0.25) is 4.79 Å². The molecule has 0 saturated carbocycles. The zero-order chi connectivity index (χ0) is 12.0. The molecule has 1 fully saturated rings. The predicted molar refractivity (Wildman–Crippen MR) is 62.1 cm³/mol. The lowest BCUT2D eigenvalue weighted by atomic mass is 10.2. The molecule has 2 atom stereocenters. The number of rotatable bonds is 6. The largest absolute Gasteiger partial charge is 0.395 e. The summed E-state index contributed by atoms with van der Waals surface area (Å²) in [6, 6.07) is 0. The summed E-state index contributed by atoms with van der Waals surface area (Å²) in [4.78, 5) is 13.8. The molecule has 1 amide bonds. The fourth-order valence-electron chi connectivity index (χ4n) is 1.99. The van der Waals surface area contributed by atoms with Gasteiger partial charge in [0.15, 0.2) is 0 Å². The highest BCUT2D eigenvalue weighted by atomic mass is 16.5. The van der Waals surface area contributed by atoms with E-state index in [0.717, 1.165) is 32.2 Å². The van der Waals surface area contributed by atoms with E-state index in [-0.39, 0.29) is 24.7 Å². The molecule has 0 aromatic heterocycles. The summed E-state index contributed by atoms with van der Waals surface area (Å²) in [5.41, 5.74) is 0. The van der Waals surface area contributed by atoms with Crippen LogP contribution in [0, 0.1) is 0 Å². The Morgan fingerprint density at radius 2 is 2.19 bits per heavy atom. The van der Waals surface area contributed by atoms with Crippen LogP contribution in [0.1, 0.15) is 39.5 Å². The molecule has 0 aliphatic carbocycles. The summed E-state index contributed by atoms with van der Waals surface area (Å²) >= 11 is 0. The highest BCUT2D eigenvalue weighted by Gasteiger charge is 2.31. The summed E-state index contributed by atoms with van der Waals surface area (Å²) in [5, 5.41) is 8.94. The number of unbranched alkanes of at least 4 members (excludes halogenated alkanes) is 1. The monoisotopic (exact) mass is 229 g/mol. The van der Waals surface area contributed by atoms with E-state index in [2.05, 4.69) is 6.92 Å². The van der Waals surface area contributed by atoms with Gasteiger partial charge in [-0.25, -0.2) is 0 Å². The van der Waals surface area contributed by atoms with E-state index in [4.69, 9.17) is 9.84 Å². The van der Waals surface area contributed by atoms with Gasteiger partial charge < -0.3 is 14.7 Å². The van der Waals surface area contributed by atoms with Gasteiger partial charge in [-0.2, -0.15) is 0 Å². The Morgan fingerprint density at radius 1 is 1.44 bits per heavy atom. The fourth-order valence-corrected chi connectivity index (χ4v) is 1.99. The fraction of sp³-hybridized carbons (Fsp3) is 0.917. The van der Waals surface area contributed by atoms with E-state index >= 15 is 0 Å². The zero-order valence-electron chi connectivity index (χ0n) is 10.3. The van der Waals surface area contributed by atoms with Gasteiger partial charge in [-0.1, -0.05) is 13.3 Å². The number of hydrogen-bond acceptors (Lipinski definition) is 3. The van der Waals surface area contributed by atoms with Crippen molar-refractivity contribution >= 4 is 5.91 Å². The lowest BCUT2D eigenvalue weighted by Gasteiger charge is -2.24. The maximum Gasteiger partial charge on any atom is 0.251 e. The van der Waals surface area contributed by atoms with Crippen LogP contribution in [0.4, 0.5) is 0 Å². The Bertz CT molecular complexity index is 220. The molecule has 4 nitrogen and oxygen atoms in total. The van der Waals surface area contributed by atoms with Crippen LogP contribution < -0.4 is 0 Å². The molecule has 1 saturated heterocycles. The Hall–Kier alpha value is -0.610. The average molecular weight is 229 g/mol. The molecule has 2 unspecified atom stereocenters. The first kappa shape index (κ1) is 13.5. The second-order valence-electron chi connectivity index (χ2n) is 4.42. The molecule has 1 aliphatic heterocycles. The average Bonchev–Trinajstić information content (AvgIpc) is 2.70. The molecule has 1 rings (SSSR count). The molecule has 0 bridgehead atoms. The smallest absolute Gasteiger partial charge is 0.251 e. The van der Waals surface area contributed by atoms with Crippen LogP contribution >= 0.6 is 0 Å². The standard InChI is InChI=1S/C12H23NO3/c1-3-4-7-13(8-9-14)12(15)11-6-5-10(2)16-11/h10-11,14H,3-9H2,1-2H3. The van der Waals surface area contributed by atoms with Crippen LogP contribution in [-0.2, 0) is 9.53 Å². The Labute approximate surface area is 97.6 Å². The number of aliphatic hydroxyl groups is 1. The van der Waals surface area contributed by atoms with Gasteiger partial charge >= 0.3 is 0 Å². The van der Waals surface area contributed by atoms with Crippen molar-refractivity contribution in [1.82, 2.24) is 4.90 Å². The highest BCUT2D eigenvalue weighted by Crippen LogP contribution is 2.20. The van der Waals surface area contributed by atoms with Crippen LogP contribution in [0.25, 0.3) is 0 Å². The Kier molecular flexibility index (Phi) is 5.77. The van der Waals surface area contributed by atoms with Gasteiger partial charge in [-0.05, 0) is 26.2 Å². The van der Waals surface area contributed by atoms with Gasteiger partial charge in [0.1, 0.15) is 6.10 Å². The normalized spacial score (nSPS) is 24.7. The van der Waals surface area contributed by atoms with Crippen molar-refractivity contribution in [3.05, 3.63) is 0 Å². The second-order valence-corrected chi connectivity index (χ2v) is 4.42. The van der Waals surface area contributed by atoms with Gasteiger partial charge in [0.2, 0.25) is 0 Å². The molecule has 1 aliphatic rings. The molecule has 4 heteroatoms. The summed E-state index contributed by atoms with van der Waals surface area (Å²) in [7, 11) is 0. The molecule has 16 heavy (non-hydrogen) atoms. The number of carbonyl (C=O) groups is 1. The maximum atomic E-state index is 12.1. The van der Waals surface area contributed by atoms with Gasteiger partial charge in [0, 0.05) is 13.1 Å². The molecule has 94 valence electrons. The van der Waals surface area contributed by atoms with Crippen molar-refractivity contribution < 1.29 is 14.6 Å². The van der Waals surface area contributed by atoms with Crippen LogP contribution in [0.5, 0.6) is 0 Å². The molecule has 0 spiro atoms.